The maximum absolute atomic E-state index is 11.8. The average Bonchev–Trinajstić information content (AvgIpc) is 2.27. The predicted molar refractivity (Wildman–Crippen MR) is 78.3 cm³/mol. The van der Waals surface area contributed by atoms with Gasteiger partial charge in [0.1, 0.15) is 5.60 Å². The molecule has 0 fully saturated rings. The third-order valence-corrected chi connectivity index (χ3v) is 2.65. The first-order chi connectivity index (χ1) is 8.81. The Bertz CT molecular complexity index is 412. The molecule has 4 nitrogen and oxygen atoms in total. The number of carbonyl (C=O) groups excluding carboxylic acids is 1. The second-order valence-electron chi connectivity index (χ2n) is 5.34. The van der Waals surface area contributed by atoms with Crippen molar-refractivity contribution in [1.82, 2.24) is 5.32 Å². The van der Waals surface area contributed by atoms with Crippen LogP contribution < -0.4 is 11.1 Å². The van der Waals surface area contributed by atoms with Crippen LogP contribution in [-0.2, 0) is 4.74 Å². The zero-order valence-corrected chi connectivity index (χ0v) is 12.3. The number of hydrogen-bond acceptors (Lipinski definition) is 3. The van der Waals surface area contributed by atoms with Crippen molar-refractivity contribution in [2.45, 2.75) is 38.8 Å². The number of carbonyl (C=O) groups is 1. The molecule has 1 amide bonds. The molecule has 1 aromatic rings. The molecule has 0 aliphatic rings. The topological polar surface area (TPSA) is 64.3 Å². The summed E-state index contributed by atoms with van der Waals surface area (Å²) in [6.45, 7) is 5.48. The lowest BCUT2D eigenvalue weighted by atomic mass is 10.0. The van der Waals surface area contributed by atoms with Gasteiger partial charge in [0.25, 0.3) is 0 Å². The van der Waals surface area contributed by atoms with Gasteiger partial charge in [-0.25, -0.2) is 4.79 Å². The van der Waals surface area contributed by atoms with E-state index in [2.05, 4.69) is 5.32 Å². The summed E-state index contributed by atoms with van der Waals surface area (Å²) in [5.74, 6) is 0.449. The molecule has 106 valence electrons. The number of alkyl carbamates (subject to hydrolysis) is 1. The third-order valence-electron chi connectivity index (χ3n) is 2.43. The van der Waals surface area contributed by atoms with Crippen LogP contribution in [0.3, 0.4) is 0 Å². The molecule has 1 rings (SSSR count). The lowest BCUT2D eigenvalue weighted by Gasteiger charge is -2.23. The van der Waals surface area contributed by atoms with Gasteiger partial charge in [0.2, 0.25) is 0 Å². The van der Waals surface area contributed by atoms with E-state index in [1.54, 1.807) is 12.1 Å². The fraction of sp³-hybridized carbons (Fsp3) is 0.500. The number of nitrogens with one attached hydrogen (secondary N) is 1. The Labute approximate surface area is 119 Å². The maximum atomic E-state index is 11.8. The molecule has 1 unspecified atom stereocenters. The molecule has 19 heavy (non-hydrogen) atoms. The fourth-order valence-electron chi connectivity index (χ4n) is 1.61. The minimum Gasteiger partial charge on any atom is -0.444 e. The normalized spacial score (nSPS) is 12.8. The van der Waals surface area contributed by atoms with Gasteiger partial charge in [0.15, 0.2) is 0 Å². The Balaban J connectivity index is 2.73. The molecule has 0 heterocycles. The van der Waals surface area contributed by atoms with E-state index < -0.39 is 11.7 Å². The van der Waals surface area contributed by atoms with Gasteiger partial charge < -0.3 is 15.8 Å². The number of alkyl halides is 1. The van der Waals surface area contributed by atoms with Crippen LogP contribution in [0.1, 0.15) is 38.8 Å². The highest BCUT2D eigenvalue weighted by Gasteiger charge is 2.20. The molecule has 0 spiro atoms. The van der Waals surface area contributed by atoms with Crippen LogP contribution in [0.2, 0.25) is 0 Å². The summed E-state index contributed by atoms with van der Waals surface area (Å²) in [5, 5.41) is 2.82. The Morgan fingerprint density at radius 3 is 2.42 bits per heavy atom. The molecule has 0 saturated heterocycles. The Morgan fingerprint density at radius 2 is 1.95 bits per heavy atom. The van der Waals surface area contributed by atoms with Crippen molar-refractivity contribution >= 4 is 23.4 Å². The molecule has 5 heteroatoms. The van der Waals surface area contributed by atoms with E-state index in [1.807, 2.05) is 32.9 Å². The highest BCUT2D eigenvalue weighted by Crippen LogP contribution is 2.19. The van der Waals surface area contributed by atoms with Crippen molar-refractivity contribution in [2.24, 2.45) is 0 Å². The number of hydrogen-bond donors (Lipinski definition) is 2. The van der Waals surface area contributed by atoms with Crippen LogP contribution in [0.5, 0.6) is 0 Å². The van der Waals surface area contributed by atoms with E-state index >= 15 is 0 Å². The molecule has 1 aromatic carbocycles. The number of nitrogen functional groups attached to an aromatic ring is 1. The van der Waals surface area contributed by atoms with Crippen molar-refractivity contribution < 1.29 is 9.53 Å². The largest absolute Gasteiger partial charge is 0.444 e. The van der Waals surface area contributed by atoms with Crippen LogP contribution in [0, 0.1) is 0 Å². The van der Waals surface area contributed by atoms with Gasteiger partial charge in [0.05, 0.1) is 6.04 Å². The fourth-order valence-corrected chi connectivity index (χ4v) is 1.83. The average molecular weight is 285 g/mol. The number of ether oxygens (including phenoxy) is 1. The number of rotatable bonds is 4. The van der Waals surface area contributed by atoms with Crippen LogP contribution in [-0.4, -0.2) is 17.6 Å². The number of amides is 1. The first kappa shape index (κ1) is 15.6. The molecular weight excluding hydrogens is 264 g/mol. The summed E-state index contributed by atoms with van der Waals surface area (Å²) in [4.78, 5) is 11.8. The number of halogens is 1. The van der Waals surface area contributed by atoms with Crippen LogP contribution in [0.25, 0.3) is 0 Å². The predicted octanol–water partition coefficient (Wildman–Crippen LogP) is 3.46. The van der Waals surface area contributed by atoms with E-state index in [9.17, 15) is 4.79 Å². The first-order valence-corrected chi connectivity index (χ1v) is 6.76. The molecular formula is C14H21ClN2O2. The smallest absolute Gasteiger partial charge is 0.408 e. The van der Waals surface area contributed by atoms with Crippen molar-refractivity contribution in [2.75, 3.05) is 11.6 Å². The van der Waals surface area contributed by atoms with Crippen molar-refractivity contribution in [3.05, 3.63) is 29.8 Å². The first-order valence-electron chi connectivity index (χ1n) is 6.23. The third kappa shape index (κ3) is 5.83. The van der Waals surface area contributed by atoms with E-state index in [4.69, 9.17) is 22.1 Å². The minimum absolute atomic E-state index is 0.173. The lowest BCUT2D eigenvalue weighted by molar-refractivity contribution is 0.0502. The highest BCUT2D eigenvalue weighted by molar-refractivity contribution is 6.17. The van der Waals surface area contributed by atoms with E-state index in [0.717, 1.165) is 5.56 Å². The van der Waals surface area contributed by atoms with E-state index in [1.165, 1.54) is 0 Å². The molecule has 0 bridgehead atoms. The summed E-state index contributed by atoms with van der Waals surface area (Å²) in [6, 6.07) is 7.18. The molecule has 0 radical (unpaired) electrons. The second kappa shape index (κ2) is 6.66. The molecule has 0 aromatic heterocycles. The quantitative estimate of drug-likeness (QED) is 0.657. The number of anilines is 1. The van der Waals surface area contributed by atoms with E-state index in [-0.39, 0.29) is 6.04 Å². The van der Waals surface area contributed by atoms with Gasteiger partial charge in [-0.15, -0.1) is 11.6 Å². The maximum Gasteiger partial charge on any atom is 0.408 e. The van der Waals surface area contributed by atoms with Crippen molar-refractivity contribution in [3.8, 4) is 0 Å². The van der Waals surface area contributed by atoms with Gasteiger partial charge in [0, 0.05) is 11.6 Å². The number of benzene rings is 1. The van der Waals surface area contributed by atoms with Crippen LogP contribution in [0.15, 0.2) is 24.3 Å². The Hall–Kier alpha value is -1.42. The standard InChI is InChI=1S/C14H21ClN2O2/c1-14(2,3)19-13(18)17-12(8-9-15)10-4-6-11(16)7-5-10/h4-7,12H,8-9,16H2,1-3H3,(H,17,18). The number of nitrogens with two attached hydrogens (primary N) is 1. The summed E-state index contributed by atoms with van der Waals surface area (Å²) >= 11 is 5.78. The van der Waals surface area contributed by atoms with Crippen molar-refractivity contribution in [3.63, 3.8) is 0 Å². The molecule has 0 aliphatic carbocycles. The van der Waals surface area contributed by atoms with Crippen molar-refractivity contribution in [1.29, 1.82) is 0 Å². The summed E-state index contributed by atoms with van der Waals surface area (Å²) in [6.07, 6.45) is 0.185. The summed E-state index contributed by atoms with van der Waals surface area (Å²) in [7, 11) is 0. The molecule has 1 atom stereocenters. The Morgan fingerprint density at radius 1 is 1.37 bits per heavy atom. The van der Waals surface area contributed by atoms with E-state index in [0.29, 0.717) is 18.0 Å². The van der Waals surface area contributed by atoms with Gasteiger partial charge >= 0.3 is 6.09 Å². The zero-order valence-electron chi connectivity index (χ0n) is 11.6. The summed E-state index contributed by atoms with van der Waals surface area (Å²) in [5.41, 5.74) is 6.77. The second-order valence-corrected chi connectivity index (χ2v) is 5.72. The van der Waals surface area contributed by atoms with Gasteiger partial charge in [-0.2, -0.15) is 0 Å². The SMILES string of the molecule is CC(C)(C)OC(=O)NC(CCCl)c1ccc(N)cc1. The summed E-state index contributed by atoms with van der Waals surface area (Å²) < 4.78 is 5.24. The van der Waals surface area contributed by atoms with Crippen LogP contribution >= 0.6 is 11.6 Å². The monoisotopic (exact) mass is 284 g/mol. The lowest BCUT2D eigenvalue weighted by Crippen LogP contribution is -2.35. The van der Waals surface area contributed by atoms with Gasteiger partial charge in [-0.1, -0.05) is 12.1 Å². The molecule has 0 saturated carbocycles. The molecule has 0 aliphatic heterocycles. The minimum atomic E-state index is -0.517. The highest BCUT2D eigenvalue weighted by atomic mass is 35.5. The molecule has 3 N–H and O–H groups in total. The zero-order chi connectivity index (χ0) is 14.5. The van der Waals surface area contributed by atoms with Gasteiger partial charge in [-0.05, 0) is 44.9 Å². The van der Waals surface area contributed by atoms with Gasteiger partial charge in [-0.3, -0.25) is 0 Å². The Kier molecular flexibility index (Phi) is 5.48. The van der Waals surface area contributed by atoms with Crippen LogP contribution in [0.4, 0.5) is 10.5 Å².